The molecule has 1 aromatic carbocycles. The summed E-state index contributed by atoms with van der Waals surface area (Å²) in [6, 6.07) is 5.83. The lowest BCUT2D eigenvalue weighted by molar-refractivity contribution is 0.250. The van der Waals surface area contributed by atoms with Crippen LogP contribution in [0.3, 0.4) is 0 Å². The van der Waals surface area contributed by atoms with E-state index in [4.69, 9.17) is 15.2 Å². The quantitative estimate of drug-likeness (QED) is 0.621. The predicted octanol–water partition coefficient (Wildman–Crippen LogP) is 2.89. The Morgan fingerprint density at radius 2 is 2.11 bits per heavy atom. The van der Waals surface area contributed by atoms with Gasteiger partial charge in [-0.05, 0) is 49.9 Å². The molecule has 146 valence electrons. The Bertz CT molecular complexity index is 764. The fraction of sp³-hybridized carbons (Fsp3) is 0.500. The van der Waals surface area contributed by atoms with Crippen LogP contribution >= 0.6 is 0 Å². The van der Waals surface area contributed by atoms with E-state index in [0.717, 1.165) is 35.8 Å². The molecule has 1 aliphatic carbocycles. The molecule has 1 aromatic heterocycles. The number of hydrogen-bond acceptors (Lipinski definition) is 7. The normalized spacial score (nSPS) is 13.6. The highest BCUT2D eigenvalue weighted by atomic mass is 16.5. The highest BCUT2D eigenvalue weighted by Gasteiger charge is 2.22. The van der Waals surface area contributed by atoms with Gasteiger partial charge in [-0.2, -0.15) is 4.98 Å². The van der Waals surface area contributed by atoms with Gasteiger partial charge in [0.05, 0.1) is 13.7 Å². The molecule has 3 rings (SSSR count). The Hall–Kier alpha value is -2.54. The molecule has 7 heteroatoms. The van der Waals surface area contributed by atoms with Crippen LogP contribution in [0.25, 0.3) is 11.1 Å². The summed E-state index contributed by atoms with van der Waals surface area (Å²) in [6.07, 6.45) is 5.46. The van der Waals surface area contributed by atoms with Gasteiger partial charge in [0.1, 0.15) is 5.82 Å². The van der Waals surface area contributed by atoms with E-state index in [-0.39, 0.29) is 5.95 Å². The second-order valence-corrected chi connectivity index (χ2v) is 7.01. The van der Waals surface area contributed by atoms with Crippen LogP contribution in [0.2, 0.25) is 0 Å². The number of methoxy groups -OCH3 is 1. The number of anilines is 2. The second-order valence-electron chi connectivity index (χ2n) is 7.01. The molecule has 27 heavy (non-hydrogen) atoms. The first-order chi connectivity index (χ1) is 13.1. The number of nitrogen functional groups attached to an aromatic ring is 1. The molecular formula is C20H29N5O2. The van der Waals surface area contributed by atoms with Crippen molar-refractivity contribution in [3.63, 3.8) is 0 Å². The van der Waals surface area contributed by atoms with Crippen molar-refractivity contribution in [2.75, 3.05) is 52.0 Å². The molecule has 1 fully saturated rings. The monoisotopic (exact) mass is 371 g/mol. The third kappa shape index (κ3) is 5.23. The predicted molar refractivity (Wildman–Crippen MR) is 108 cm³/mol. The van der Waals surface area contributed by atoms with Gasteiger partial charge < -0.3 is 25.4 Å². The molecule has 0 bridgehead atoms. The first kappa shape index (κ1) is 19.2. The van der Waals surface area contributed by atoms with E-state index in [2.05, 4.69) is 27.2 Å². The average Bonchev–Trinajstić information content (AvgIpc) is 3.49. The molecule has 3 N–H and O–H groups in total. The lowest BCUT2D eigenvalue weighted by Gasteiger charge is -2.17. The van der Waals surface area contributed by atoms with Crippen molar-refractivity contribution >= 4 is 11.8 Å². The first-order valence-electron chi connectivity index (χ1n) is 9.40. The van der Waals surface area contributed by atoms with Gasteiger partial charge in [0.2, 0.25) is 5.95 Å². The van der Waals surface area contributed by atoms with Gasteiger partial charge in [0, 0.05) is 31.9 Å². The lowest BCUT2D eigenvalue weighted by Crippen LogP contribution is -2.23. The van der Waals surface area contributed by atoms with E-state index < -0.39 is 0 Å². The summed E-state index contributed by atoms with van der Waals surface area (Å²) in [7, 11) is 5.64. The standard InChI is InChI=1S/C20H29N5O2/c1-22-19-16(12-23-20(21)24-19)15-7-8-17(26-3)18(11-15)27-10-4-9-25(2)13-14-5-6-14/h7-8,11-12,14H,4-6,9-10,13H2,1-3H3,(H3,21,22,23,24). The van der Waals surface area contributed by atoms with Crippen molar-refractivity contribution in [2.45, 2.75) is 19.3 Å². The van der Waals surface area contributed by atoms with Gasteiger partial charge in [-0.3, -0.25) is 0 Å². The highest BCUT2D eigenvalue weighted by molar-refractivity contribution is 5.76. The molecular weight excluding hydrogens is 342 g/mol. The Balaban J connectivity index is 1.66. The molecule has 7 nitrogen and oxygen atoms in total. The van der Waals surface area contributed by atoms with E-state index in [9.17, 15) is 0 Å². The molecule has 0 radical (unpaired) electrons. The van der Waals surface area contributed by atoms with Crippen LogP contribution in [0.1, 0.15) is 19.3 Å². The Labute approximate surface area is 160 Å². The number of benzene rings is 1. The summed E-state index contributed by atoms with van der Waals surface area (Å²) in [4.78, 5) is 10.7. The second kappa shape index (κ2) is 8.90. The van der Waals surface area contributed by atoms with Gasteiger partial charge in [-0.15, -0.1) is 0 Å². The zero-order valence-electron chi connectivity index (χ0n) is 16.4. The van der Waals surface area contributed by atoms with Crippen LogP contribution in [-0.4, -0.2) is 55.8 Å². The maximum atomic E-state index is 6.02. The number of nitrogens with two attached hydrogens (primary N) is 1. The largest absolute Gasteiger partial charge is 0.493 e. The molecule has 1 aliphatic rings. The van der Waals surface area contributed by atoms with Crippen LogP contribution in [0.4, 0.5) is 11.8 Å². The molecule has 2 aromatic rings. The highest BCUT2D eigenvalue weighted by Crippen LogP contribution is 2.35. The van der Waals surface area contributed by atoms with Gasteiger partial charge in [-0.25, -0.2) is 4.98 Å². The summed E-state index contributed by atoms with van der Waals surface area (Å²) in [5.74, 6) is 3.27. The number of rotatable bonds is 10. The van der Waals surface area contributed by atoms with Crippen molar-refractivity contribution < 1.29 is 9.47 Å². The minimum atomic E-state index is 0.239. The zero-order valence-corrected chi connectivity index (χ0v) is 16.4. The van der Waals surface area contributed by atoms with Crippen LogP contribution < -0.4 is 20.5 Å². The summed E-state index contributed by atoms with van der Waals surface area (Å²) in [5, 5.41) is 3.06. The molecule has 0 saturated heterocycles. The molecule has 0 unspecified atom stereocenters. The number of aromatic nitrogens is 2. The molecule has 0 spiro atoms. The Morgan fingerprint density at radius 3 is 2.81 bits per heavy atom. The minimum Gasteiger partial charge on any atom is -0.493 e. The Morgan fingerprint density at radius 1 is 1.30 bits per heavy atom. The van der Waals surface area contributed by atoms with Crippen molar-refractivity contribution in [3.05, 3.63) is 24.4 Å². The zero-order chi connectivity index (χ0) is 19.2. The van der Waals surface area contributed by atoms with E-state index in [1.165, 1.54) is 19.4 Å². The SMILES string of the molecule is CNc1nc(N)ncc1-c1ccc(OC)c(OCCCN(C)CC2CC2)c1. The molecule has 0 amide bonds. The fourth-order valence-electron chi connectivity index (χ4n) is 3.10. The van der Waals surface area contributed by atoms with E-state index in [0.29, 0.717) is 18.2 Å². The van der Waals surface area contributed by atoms with Gasteiger partial charge >= 0.3 is 0 Å². The molecule has 0 atom stereocenters. The minimum absolute atomic E-state index is 0.239. The van der Waals surface area contributed by atoms with Crippen molar-refractivity contribution in [1.82, 2.24) is 14.9 Å². The fourth-order valence-corrected chi connectivity index (χ4v) is 3.10. The lowest BCUT2D eigenvalue weighted by atomic mass is 10.1. The van der Waals surface area contributed by atoms with Crippen molar-refractivity contribution in [2.24, 2.45) is 5.92 Å². The number of ether oxygens (including phenoxy) is 2. The molecule has 0 aliphatic heterocycles. The van der Waals surface area contributed by atoms with Crippen molar-refractivity contribution in [1.29, 1.82) is 0 Å². The van der Waals surface area contributed by atoms with Crippen LogP contribution in [0.15, 0.2) is 24.4 Å². The summed E-state index contributed by atoms with van der Waals surface area (Å²) in [5.41, 5.74) is 7.49. The van der Waals surface area contributed by atoms with Crippen LogP contribution in [0.5, 0.6) is 11.5 Å². The topological polar surface area (TPSA) is 85.5 Å². The maximum absolute atomic E-state index is 6.02. The van der Waals surface area contributed by atoms with E-state index in [1.54, 1.807) is 13.3 Å². The number of nitrogens with zero attached hydrogens (tertiary/aromatic N) is 3. The van der Waals surface area contributed by atoms with Crippen LogP contribution in [-0.2, 0) is 0 Å². The van der Waals surface area contributed by atoms with Crippen LogP contribution in [0, 0.1) is 5.92 Å². The van der Waals surface area contributed by atoms with Crippen molar-refractivity contribution in [3.8, 4) is 22.6 Å². The van der Waals surface area contributed by atoms with E-state index >= 15 is 0 Å². The summed E-state index contributed by atoms with van der Waals surface area (Å²) < 4.78 is 11.5. The van der Waals surface area contributed by atoms with Gasteiger partial charge in [0.15, 0.2) is 11.5 Å². The third-order valence-corrected chi connectivity index (χ3v) is 4.73. The summed E-state index contributed by atoms with van der Waals surface area (Å²) >= 11 is 0. The van der Waals surface area contributed by atoms with Gasteiger partial charge in [0.25, 0.3) is 0 Å². The third-order valence-electron chi connectivity index (χ3n) is 4.73. The molecule has 1 saturated carbocycles. The number of nitrogens with one attached hydrogen (secondary N) is 1. The van der Waals surface area contributed by atoms with E-state index in [1.807, 2.05) is 25.2 Å². The average molecular weight is 371 g/mol. The smallest absolute Gasteiger partial charge is 0.221 e. The maximum Gasteiger partial charge on any atom is 0.221 e. The Kier molecular flexibility index (Phi) is 6.34. The number of hydrogen-bond donors (Lipinski definition) is 2. The first-order valence-corrected chi connectivity index (χ1v) is 9.40. The summed E-state index contributed by atoms with van der Waals surface area (Å²) in [6.45, 7) is 2.88. The molecule has 1 heterocycles. The van der Waals surface area contributed by atoms with Gasteiger partial charge in [-0.1, -0.05) is 6.07 Å².